The Bertz CT molecular complexity index is 881. The Morgan fingerprint density at radius 3 is 2.36 bits per heavy atom. The van der Waals surface area contributed by atoms with Crippen LogP contribution in [0.25, 0.3) is 0 Å². The van der Waals surface area contributed by atoms with E-state index in [-0.39, 0.29) is 11.5 Å². The summed E-state index contributed by atoms with van der Waals surface area (Å²) in [7, 11) is 0. The van der Waals surface area contributed by atoms with Crippen molar-refractivity contribution < 1.29 is 24.2 Å². The van der Waals surface area contributed by atoms with Crippen molar-refractivity contribution in [2.24, 2.45) is 5.41 Å². The Morgan fingerprint density at radius 2 is 1.79 bits per heavy atom. The molecular formula is C21H22N2O5. The second-order valence-corrected chi connectivity index (χ2v) is 6.89. The van der Waals surface area contributed by atoms with Crippen LogP contribution in [0.3, 0.4) is 0 Å². The number of likely N-dealkylation sites (tertiary alicyclic amines) is 1. The lowest BCUT2D eigenvalue weighted by atomic mass is 9.76. The fraction of sp³-hybridized carbons (Fsp3) is 0.286. The Kier molecular flexibility index (Phi) is 5.35. The molecule has 2 aromatic carbocycles. The molecule has 146 valence electrons. The quantitative estimate of drug-likeness (QED) is 0.748. The van der Waals surface area contributed by atoms with Gasteiger partial charge in [0, 0.05) is 6.54 Å². The van der Waals surface area contributed by atoms with Gasteiger partial charge in [0.25, 0.3) is 0 Å². The zero-order valence-corrected chi connectivity index (χ0v) is 15.7. The normalized spacial score (nSPS) is 21.0. The highest BCUT2D eigenvalue weighted by molar-refractivity contribution is 6.03. The maximum atomic E-state index is 12.6. The number of aromatic carboxylic acids is 1. The number of ether oxygens (including phenoxy) is 1. The lowest BCUT2D eigenvalue weighted by Gasteiger charge is -2.51. The van der Waals surface area contributed by atoms with Gasteiger partial charge in [0.1, 0.15) is 11.2 Å². The summed E-state index contributed by atoms with van der Waals surface area (Å²) in [5.41, 5.74) is 0.229. The van der Waals surface area contributed by atoms with Crippen molar-refractivity contribution in [1.82, 2.24) is 10.2 Å². The molecule has 1 fully saturated rings. The molecular weight excluding hydrogens is 360 g/mol. The minimum atomic E-state index is -1.04. The summed E-state index contributed by atoms with van der Waals surface area (Å²) in [6.45, 7) is 3.92. The average molecular weight is 382 g/mol. The number of rotatable bonds is 6. The molecule has 3 amide bonds. The van der Waals surface area contributed by atoms with Gasteiger partial charge in [0.15, 0.2) is 6.23 Å². The lowest BCUT2D eigenvalue weighted by Crippen LogP contribution is -2.72. The van der Waals surface area contributed by atoms with Crippen LogP contribution in [0.5, 0.6) is 5.75 Å². The second-order valence-electron chi connectivity index (χ2n) is 6.89. The van der Waals surface area contributed by atoms with Gasteiger partial charge in [-0.25, -0.2) is 14.5 Å². The maximum absolute atomic E-state index is 12.6. The first-order valence-corrected chi connectivity index (χ1v) is 9.02. The SMILES string of the molecule is CC[C@@]1(C)C(=O)N(C(=O)NCc2ccccc2)[C@@H]1Oc1ccc(C(=O)O)cc1. The number of carboxylic acids is 1. The van der Waals surface area contributed by atoms with Crippen molar-refractivity contribution in [1.29, 1.82) is 0 Å². The highest BCUT2D eigenvalue weighted by atomic mass is 16.5. The maximum Gasteiger partial charge on any atom is 0.335 e. The number of benzene rings is 2. The van der Waals surface area contributed by atoms with Crippen LogP contribution in [0.15, 0.2) is 54.6 Å². The molecule has 7 nitrogen and oxygen atoms in total. The van der Waals surface area contributed by atoms with Gasteiger partial charge in [0.2, 0.25) is 5.91 Å². The van der Waals surface area contributed by atoms with Crippen molar-refractivity contribution in [2.45, 2.75) is 33.0 Å². The molecule has 0 saturated carbocycles. The minimum Gasteiger partial charge on any atom is -0.478 e. The summed E-state index contributed by atoms with van der Waals surface area (Å²) in [6, 6.07) is 14.7. The number of hydrogen-bond acceptors (Lipinski definition) is 4. The summed E-state index contributed by atoms with van der Waals surface area (Å²) in [5.74, 6) is -0.943. The van der Waals surface area contributed by atoms with Gasteiger partial charge in [0.05, 0.1) is 5.56 Å². The molecule has 0 aliphatic carbocycles. The van der Waals surface area contributed by atoms with Crippen molar-refractivity contribution in [3.63, 3.8) is 0 Å². The van der Waals surface area contributed by atoms with Crippen LogP contribution >= 0.6 is 0 Å². The average Bonchev–Trinajstić information content (AvgIpc) is 2.72. The molecule has 2 N–H and O–H groups in total. The summed E-state index contributed by atoms with van der Waals surface area (Å²) < 4.78 is 5.90. The topological polar surface area (TPSA) is 95.9 Å². The van der Waals surface area contributed by atoms with Crippen molar-refractivity contribution in [3.05, 3.63) is 65.7 Å². The number of urea groups is 1. The predicted octanol–water partition coefficient (Wildman–Crippen LogP) is 3.26. The first-order valence-electron chi connectivity index (χ1n) is 9.02. The van der Waals surface area contributed by atoms with Crippen LogP contribution in [0.1, 0.15) is 36.2 Å². The molecule has 2 atom stereocenters. The lowest BCUT2D eigenvalue weighted by molar-refractivity contribution is -0.186. The summed E-state index contributed by atoms with van der Waals surface area (Å²) >= 11 is 0. The van der Waals surface area contributed by atoms with Crippen molar-refractivity contribution >= 4 is 17.9 Å². The Morgan fingerprint density at radius 1 is 1.14 bits per heavy atom. The van der Waals surface area contributed by atoms with Crippen LogP contribution in [0.4, 0.5) is 4.79 Å². The molecule has 1 aliphatic heterocycles. The Labute approximate surface area is 162 Å². The first-order chi connectivity index (χ1) is 13.4. The molecule has 1 aliphatic rings. The van der Waals surface area contributed by atoms with E-state index in [1.807, 2.05) is 37.3 Å². The molecule has 1 heterocycles. The number of amides is 3. The van der Waals surface area contributed by atoms with E-state index < -0.39 is 23.6 Å². The first kappa shape index (κ1) is 19.4. The van der Waals surface area contributed by atoms with E-state index in [1.165, 1.54) is 24.3 Å². The van der Waals surface area contributed by atoms with Gasteiger partial charge >= 0.3 is 12.0 Å². The second kappa shape index (κ2) is 7.72. The standard InChI is InChI=1S/C21H22N2O5/c1-3-21(2)18(26)23(20(27)22-13-14-7-5-4-6-8-14)19(21)28-16-11-9-15(10-12-16)17(24)25/h4-12,19H,3,13H2,1-2H3,(H,22,27)(H,24,25)/t19-,21+/m1/s1. The molecule has 1 saturated heterocycles. The Balaban J connectivity index is 1.73. The monoisotopic (exact) mass is 382 g/mol. The van der Waals surface area contributed by atoms with E-state index in [2.05, 4.69) is 5.32 Å². The van der Waals surface area contributed by atoms with E-state index in [9.17, 15) is 14.4 Å². The Hall–Kier alpha value is -3.35. The predicted molar refractivity (Wildman–Crippen MR) is 102 cm³/mol. The van der Waals surface area contributed by atoms with E-state index in [1.54, 1.807) is 6.92 Å². The van der Waals surface area contributed by atoms with E-state index in [0.29, 0.717) is 18.7 Å². The summed E-state index contributed by atoms with van der Waals surface area (Å²) in [5, 5.41) is 11.7. The molecule has 3 rings (SSSR count). The van der Waals surface area contributed by atoms with Crippen molar-refractivity contribution in [3.8, 4) is 5.75 Å². The third-order valence-corrected chi connectivity index (χ3v) is 5.08. The van der Waals surface area contributed by atoms with Gasteiger partial charge in [-0.1, -0.05) is 37.3 Å². The highest BCUT2D eigenvalue weighted by Gasteiger charge is 2.61. The fourth-order valence-corrected chi connectivity index (χ4v) is 3.08. The zero-order chi connectivity index (χ0) is 20.3. The van der Waals surface area contributed by atoms with E-state index in [4.69, 9.17) is 9.84 Å². The van der Waals surface area contributed by atoms with Crippen molar-refractivity contribution in [2.75, 3.05) is 0 Å². The largest absolute Gasteiger partial charge is 0.478 e. The highest BCUT2D eigenvalue weighted by Crippen LogP contribution is 2.43. The minimum absolute atomic E-state index is 0.132. The van der Waals surface area contributed by atoms with Crippen LogP contribution in [-0.4, -0.2) is 34.1 Å². The van der Waals surface area contributed by atoms with Gasteiger partial charge in [-0.05, 0) is 43.2 Å². The molecule has 0 aromatic heterocycles. The number of carboxylic acid groups (broad SMARTS) is 1. The summed E-state index contributed by atoms with van der Waals surface area (Å²) in [4.78, 5) is 37.3. The van der Waals surface area contributed by atoms with Gasteiger partial charge in [-0.3, -0.25) is 4.79 Å². The molecule has 7 heteroatoms. The third-order valence-electron chi connectivity index (χ3n) is 5.08. The molecule has 0 radical (unpaired) electrons. The number of hydrogen-bond donors (Lipinski definition) is 2. The molecule has 0 spiro atoms. The van der Waals surface area contributed by atoms with Crippen LogP contribution in [-0.2, 0) is 11.3 Å². The number of β-lactam (4-membered cyclic amide) rings is 1. The third kappa shape index (κ3) is 3.55. The zero-order valence-electron chi connectivity index (χ0n) is 15.7. The summed E-state index contributed by atoms with van der Waals surface area (Å²) in [6.07, 6.45) is -0.261. The fourth-order valence-electron chi connectivity index (χ4n) is 3.08. The van der Waals surface area contributed by atoms with Crippen LogP contribution in [0, 0.1) is 5.41 Å². The molecule has 2 aromatic rings. The number of carbonyl (C=O) groups is 3. The van der Waals surface area contributed by atoms with Crippen LogP contribution < -0.4 is 10.1 Å². The molecule has 28 heavy (non-hydrogen) atoms. The van der Waals surface area contributed by atoms with Gasteiger partial charge in [-0.2, -0.15) is 0 Å². The van der Waals surface area contributed by atoms with Crippen LogP contribution in [0.2, 0.25) is 0 Å². The number of imide groups is 1. The van der Waals surface area contributed by atoms with Gasteiger partial charge < -0.3 is 15.2 Å². The number of carbonyl (C=O) groups excluding carboxylic acids is 2. The van der Waals surface area contributed by atoms with E-state index >= 15 is 0 Å². The molecule has 0 bridgehead atoms. The van der Waals surface area contributed by atoms with Gasteiger partial charge in [-0.15, -0.1) is 0 Å². The molecule has 0 unspecified atom stereocenters. The number of nitrogens with one attached hydrogen (secondary N) is 1. The van der Waals surface area contributed by atoms with E-state index in [0.717, 1.165) is 10.5 Å². The smallest absolute Gasteiger partial charge is 0.335 e. The number of nitrogens with zero attached hydrogens (tertiary/aromatic N) is 1.